The molecular weight excluding hydrogens is 221 g/mol. The first kappa shape index (κ1) is 11.6. The second kappa shape index (κ2) is 4.53. The summed E-state index contributed by atoms with van der Waals surface area (Å²) in [5, 5.41) is 7.87. The summed E-state index contributed by atoms with van der Waals surface area (Å²) in [6.07, 6.45) is 0.668. The topological polar surface area (TPSA) is 60.0 Å². The number of benzene rings is 1. The Bertz CT molecular complexity index is 497. The van der Waals surface area contributed by atoms with Gasteiger partial charge in [-0.2, -0.15) is 5.10 Å². The third kappa shape index (κ3) is 2.27. The molecule has 0 fully saturated rings. The van der Waals surface area contributed by atoms with Crippen molar-refractivity contribution in [3.8, 4) is 5.75 Å². The molecular formula is C12H14FN3O. The molecule has 90 valence electrons. The molecule has 2 N–H and O–H groups in total. The van der Waals surface area contributed by atoms with E-state index in [9.17, 15) is 4.39 Å². The number of hydrogen-bond donors (Lipinski definition) is 1. The zero-order valence-corrected chi connectivity index (χ0v) is 9.77. The van der Waals surface area contributed by atoms with Crippen molar-refractivity contribution >= 4 is 11.5 Å². The van der Waals surface area contributed by atoms with Crippen molar-refractivity contribution in [2.24, 2.45) is 21.9 Å². The lowest BCUT2D eigenvalue weighted by Crippen LogP contribution is -2.26. The Labute approximate surface area is 99.0 Å². The number of ether oxygens (including phenoxy) is 1. The molecule has 0 saturated heterocycles. The zero-order valence-electron chi connectivity index (χ0n) is 9.77. The fourth-order valence-electron chi connectivity index (χ4n) is 1.67. The van der Waals surface area contributed by atoms with E-state index in [-0.39, 0.29) is 11.7 Å². The average Bonchev–Trinajstić information content (AvgIpc) is 2.32. The van der Waals surface area contributed by atoms with E-state index >= 15 is 0 Å². The van der Waals surface area contributed by atoms with Crippen LogP contribution in [0, 0.1) is 11.7 Å². The Hall–Kier alpha value is -1.91. The highest BCUT2D eigenvalue weighted by Gasteiger charge is 2.18. The lowest BCUT2D eigenvalue weighted by Gasteiger charge is -2.16. The maximum atomic E-state index is 13.5. The fourth-order valence-corrected chi connectivity index (χ4v) is 1.67. The lowest BCUT2D eigenvalue weighted by atomic mass is 9.97. The Balaban J connectivity index is 2.33. The predicted octanol–water partition coefficient (Wildman–Crippen LogP) is 1.94. The van der Waals surface area contributed by atoms with Gasteiger partial charge in [0.05, 0.1) is 12.8 Å². The Morgan fingerprint density at radius 1 is 1.41 bits per heavy atom. The van der Waals surface area contributed by atoms with Crippen LogP contribution >= 0.6 is 0 Å². The molecule has 1 aliphatic heterocycles. The van der Waals surface area contributed by atoms with E-state index < -0.39 is 5.82 Å². The van der Waals surface area contributed by atoms with Crippen LogP contribution in [0.15, 0.2) is 28.4 Å². The van der Waals surface area contributed by atoms with Crippen LogP contribution in [-0.4, -0.2) is 18.7 Å². The highest BCUT2D eigenvalue weighted by atomic mass is 19.1. The first-order valence-electron chi connectivity index (χ1n) is 5.35. The molecule has 0 aromatic heterocycles. The van der Waals surface area contributed by atoms with E-state index in [1.807, 2.05) is 6.92 Å². The van der Waals surface area contributed by atoms with Crippen LogP contribution in [0.2, 0.25) is 0 Å². The van der Waals surface area contributed by atoms with Crippen molar-refractivity contribution < 1.29 is 9.13 Å². The van der Waals surface area contributed by atoms with Gasteiger partial charge in [0, 0.05) is 17.9 Å². The molecule has 1 atom stereocenters. The number of nitrogens with two attached hydrogens (primary N) is 1. The standard InChI is InChI=1S/C12H14FN3O/c1-7-5-10(15-16-12(7)14)8-3-4-11(17-2)9(13)6-8/h3-4,6-7H,5H2,1-2H3,(H2,14,16). The second-order valence-electron chi connectivity index (χ2n) is 4.03. The molecule has 4 nitrogen and oxygen atoms in total. The summed E-state index contributed by atoms with van der Waals surface area (Å²) in [5.74, 6) is 0.472. The van der Waals surface area contributed by atoms with Gasteiger partial charge in [-0.3, -0.25) is 0 Å². The number of rotatable bonds is 2. The van der Waals surface area contributed by atoms with E-state index in [2.05, 4.69) is 10.2 Å². The van der Waals surface area contributed by atoms with Gasteiger partial charge in [-0.05, 0) is 18.2 Å². The minimum atomic E-state index is -0.400. The normalized spacial score (nSPS) is 19.6. The second-order valence-corrected chi connectivity index (χ2v) is 4.03. The lowest BCUT2D eigenvalue weighted by molar-refractivity contribution is 0.386. The smallest absolute Gasteiger partial charge is 0.165 e. The van der Waals surface area contributed by atoms with Crippen molar-refractivity contribution in [2.45, 2.75) is 13.3 Å². The minimum Gasteiger partial charge on any atom is -0.494 e. The highest BCUT2D eigenvalue weighted by Crippen LogP contribution is 2.21. The first-order valence-corrected chi connectivity index (χ1v) is 5.35. The van der Waals surface area contributed by atoms with Gasteiger partial charge in [0.25, 0.3) is 0 Å². The number of halogens is 1. The van der Waals surface area contributed by atoms with Gasteiger partial charge in [-0.15, -0.1) is 5.10 Å². The highest BCUT2D eigenvalue weighted by molar-refractivity contribution is 6.04. The largest absolute Gasteiger partial charge is 0.494 e. The number of nitrogens with zero attached hydrogens (tertiary/aromatic N) is 2. The summed E-state index contributed by atoms with van der Waals surface area (Å²) in [6.45, 7) is 1.97. The van der Waals surface area contributed by atoms with Crippen LogP contribution in [0.25, 0.3) is 0 Å². The molecule has 1 aromatic carbocycles. The van der Waals surface area contributed by atoms with Gasteiger partial charge >= 0.3 is 0 Å². The Morgan fingerprint density at radius 3 is 2.76 bits per heavy atom. The van der Waals surface area contributed by atoms with E-state index in [0.717, 1.165) is 5.71 Å². The van der Waals surface area contributed by atoms with Crippen molar-refractivity contribution in [3.63, 3.8) is 0 Å². The molecule has 0 spiro atoms. The van der Waals surface area contributed by atoms with E-state index in [4.69, 9.17) is 10.5 Å². The summed E-state index contributed by atoms with van der Waals surface area (Å²) >= 11 is 0. The zero-order chi connectivity index (χ0) is 12.4. The molecule has 1 unspecified atom stereocenters. The van der Waals surface area contributed by atoms with Crippen LogP contribution in [0.4, 0.5) is 4.39 Å². The number of hydrogen-bond acceptors (Lipinski definition) is 4. The molecule has 0 bridgehead atoms. The minimum absolute atomic E-state index is 0.132. The SMILES string of the molecule is COc1ccc(C2=NN=C(N)C(C)C2)cc1F. The number of amidine groups is 1. The third-order valence-electron chi connectivity index (χ3n) is 2.78. The molecule has 0 aliphatic carbocycles. The summed E-state index contributed by atoms with van der Waals surface area (Å²) < 4.78 is 18.4. The number of methoxy groups -OCH3 is 1. The molecule has 1 heterocycles. The van der Waals surface area contributed by atoms with Crippen LogP contribution in [-0.2, 0) is 0 Å². The van der Waals surface area contributed by atoms with Gasteiger partial charge in [-0.25, -0.2) is 4.39 Å². The summed E-state index contributed by atoms with van der Waals surface area (Å²) in [5.41, 5.74) is 7.10. The van der Waals surface area contributed by atoms with Crippen molar-refractivity contribution in [3.05, 3.63) is 29.6 Å². The monoisotopic (exact) mass is 235 g/mol. The van der Waals surface area contributed by atoms with Crippen LogP contribution in [0.1, 0.15) is 18.9 Å². The van der Waals surface area contributed by atoms with Crippen molar-refractivity contribution in [1.82, 2.24) is 0 Å². The van der Waals surface area contributed by atoms with E-state index in [0.29, 0.717) is 17.8 Å². The van der Waals surface area contributed by atoms with E-state index in [1.165, 1.54) is 13.2 Å². The molecule has 17 heavy (non-hydrogen) atoms. The maximum absolute atomic E-state index is 13.5. The molecule has 1 aliphatic rings. The summed E-state index contributed by atoms with van der Waals surface area (Å²) in [6, 6.07) is 4.76. The molecule has 1 aromatic rings. The molecule has 0 amide bonds. The summed E-state index contributed by atoms with van der Waals surface area (Å²) in [4.78, 5) is 0. The van der Waals surface area contributed by atoms with Crippen molar-refractivity contribution in [1.29, 1.82) is 0 Å². The molecule has 5 heteroatoms. The van der Waals surface area contributed by atoms with Crippen LogP contribution in [0.3, 0.4) is 0 Å². The maximum Gasteiger partial charge on any atom is 0.165 e. The quantitative estimate of drug-likeness (QED) is 0.851. The molecule has 2 rings (SSSR count). The van der Waals surface area contributed by atoms with Gasteiger partial charge in [-0.1, -0.05) is 6.92 Å². The van der Waals surface area contributed by atoms with Crippen LogP contribution < -0.4 is 10.5 Å². The first-order chi connectivity index (χ1) is 8.11. The molecule has 0 radical (unpaired) electrons. The Kier molecular flexibility index (Phi) is 3.08. The summed E-state index contributed by atoms with van der Waals surface area (Å²) in [7, 11) is 1.43. The van der Waals surface area contributed by atoms with Gasteiger partial charge in [0.15, 0.2) is 11.6 Å². The Morgan fingerprint density at radius 2 is 2.18 bits per heavy atom. The van der Waals surface area contributed by atoms with E-state index in [1.54, 1.807) is 12.1 Å². The van der Waals surface area contributed by atoms with Gasteiger partial charge in [0.2, 0.25) is 0 Å². The van der Waals surface area contributed by atoms with Crippen molar-refractivity contribution in [2.75, 3.05) is 7.11 Å². The third-order valence-corrected chi connectivity index (χ3v) is 2.78. The van der Waals surface area contributed by atoms with Gasteiger partial charge in [0.1, 0.15) is 5.84 Å². The van der Waals surface area contributed by atoms with Gasteiger partial charge < -0.3 is 10.5 Å². The molecule has 0 saturated carbocycles. The van der Waals surface area contributed by atoms with Crippen LogP contribution in [0.5, 0.6) is 5.75 Å². The fraction of sp³-hybridized carbons (Fsp3) is 0.333. The average molecular weight is 235 g/mol. The predicted molar refractivity (Wildman–Crippen MR) is 64.9 cm³/mol.